The van der Waals surface area contributed by atoms with E-state index in [1.165, 1.54) is 0 Å². The fourth-order valence-electron chi connectivity index (χ4n) is 2.83. The third-order valence-electron chi connectivity index (χ3n) is 3.97. The van der Waals surface area contributed by atoms with Crippen LogP contribution in [0.3, 0.4) is 0 Å². The molecule has 1 N–H and O–H groups in total. The molecule has 1 saturated heterocycles. The van der Waals surface area contributed by atoms with E-state index in [0.29, 0.717) is 18.2 Å². The van der Waals surface area contributed by atoms with Crippen LogP contribution in [0.1, 0.15) is 46.5 Å². The van der Waals surface area contributed by atoms with Crippen molar-refractivity contribution in [2.24, 2.45) is 0 Å². The van der Waals surface area contributed by atoms with Crippen molar-refractivity contribution in [2.45, 2.75) is 70.2 Å². The zero-order valence-electron chi connectivity index (χ0n) is 13.1. The molecular formula is C15H28N2O3. The smallest absolute Gasteiger partial charge is 0.410 e. The lowest BCUT2D eigenvalue weighted by Crippen LogP contribution is -2.55. The Labute approximate surface area is 122 Å². The molecule has 0 spiro atoms. The highest BCUT2D eigenvalue weighted by molar-refractivity contribution is 5.68. The highest BCUT2D eigenvalue weighted by atomic mass is 16.6. The highest BCUT2D eigenvalue weighted by Crippen LogP contribution is 2.24. The fourth-order valence-corrected chi connectivity index (χ4v) is 2.83. The fraction of sp³-hybridized carbons (Fsp3) is 0.933. The van der Waals surface area contributed by atoms with E-state index in [1.54, 1.807) is 7.11 Å². The lowest BCUT2D eigenvalue weighted by atomic mass is 9.88. The SMILES string of the molecule is COC1CC(NC2CCCN(C(=O)OC(C)(C)C)C2)C1. The first kappa shape index (κ1) is 15.6. The van der Waals surface area contributed by atoms with E-state index in [9.17, 15) is 4.79 Å². The van der Waals surface area contributed by atoms with Crippen molar-refractivity contribution in [3.05, 3.63) is 0 Å². The van der Waals surface area contributed by atoms with Gasteiger partial charge in [-0.2, -0.15) is 0 Å². The number of nitrogens with one attached hydrogen (secondary N) is 1. The molecule has 116 valence electrons. The van der Waals surface area contributed by atoms with Gasteiger partial charge >= 0.3 is 6.09 Å². The van der Waals surface area contributed by atoms with Gasteiger partial charge in [-0.1, -0.05) is 0 Å². The number of amides is 1. The minimum absolute atomic E-state index is 0.188. The molecule has 1 aliphatic carbocycles. The molecule has 2 aliphatic rings. The van der Waals surface area contributed by atoms with Crippen molar-refractivity contribution in [2.75, 3.05) is 20.2 Å². The quantitative estimate of drug-likeness (QED) is 0.863. The van der Waals surface area contributed by atoms with Crippen molar-refractivity contribution >= 4 is 6.09 Å². The Bertz CT molecular complexity index is 335. The Morgan fingerprint density at radius 2 is 1.95 bits per heavy atom. The van der Waals surface area contributed by atoms with E-state index in [1.807, 2.05) is 25.7 Å². The molecule has 2 fully saturated rings. The average molecular weight is 284 g/mol. The van der Waals surface area contributed by atoms with E-state index in [4.69, 9.17) is 9.47 Å². The van der Waals surface area contributed by atoms with Crippen LogP contribution in [0.25, 0.3) is 0 Å². The van der Waals surface area contributed by atoms with E-state index in [2.05, 4.69) is 5.32 Å². The molecule has 20 heavy (non-hydrogen) atoms. The summed E-state index contributed by atoms with van der Waals surface area (Å²) >= 11 is 0. The number of nitrogens with zero attached hydrogens (tertiary/aromatic N) is 1. The summed E-state index contributed by atoms with van der Waals surface area (Å²) in [6, 6.07) is 0.933. The number of likely N-dealkylation sites (tertiary alicyclic amines) is 1. The van der Waals surface area contributed by atoms with Gasteiger partial charge < -0.3 is 19.7 Å². The number of carbonyl (C=O) groups excluding carboxylic acids is 1. The number of carbonyl (C=O) groups is 1. The molecule has 0 radical (unpaired) electrons. The molecule has 0 aromatic rings. The second-order valence-corrected chi connectivity index (χ2v) is 6.96. The molecule has 1 atom stereocenters. The number of ether oxygens (including phenoxy) is 2. The van der Waals surface area contributed by atoms with Gasteiger partial charge in [-0.25, -0.2) is 4.79 Å². The normalized spacial score (nSPS) is 30.8. The number of hydrogen-bond acceptors (Lipinski definition) is 4. The van der Waals surface area contributed by atoms with Crippen molar-refractivity contribution in [3.8, 4) is 0 Å². The number of methoxy groups -OCH3 is 1. The van der Waals surface area contributed by atoms with Crippen molar-refractivity contribution < 1.29 is 14.3 Å². The van der Waals surface area contributed by atoms with E-state index >= 15 is 0 Å². The van der Waals surface area contributed by atoms with E-state index < -0.39 is 5.60 Å². The van der Waals surface area contributed by atoms with Crippen molar-refractivity contribution in [1.29, 1.82) is 0 Å². The van der Waals surface area contributed by atoms with Crippen LogP contribution in [0.5, 0.6) is 0 Å². The summed E-state index contributed by atoms with van der Waals surface area (Å²) in [5, 5.41) is 3.64. The van der Waals surface area contributed by atoms with Gasteiger partial charge in [-0.15, -0.1) is 0 Å². The molecule has 5 heteroatoms. The van der Waals surface area contributed by atoms with Gasteiger partial charge in [-0.05, 0) is 46.5 Å². The Kier molecular flexibility index (Phi) is 4.91. The largest absolute Gasteiger partial charge is 0.444 e. The minimum atomic E-state index is -0.420. The summed E-state index contributed by atoms with van der Waals surface area (Å²) in [7, 11) is 1.77. The zero-order chi connectivity index (χ0) is 14.8. The van der Waals surface area contributed by atoms with Crippen molar-refractivity contribution in [1.82, 2.24) is 10.2 Å². The Balaban J connectivity index is 1.75. The first-order valence-electron chi connectivity index (χ1n) is 7.64. The molecule has 1 heterocycles. The zero-order valence-corrected chi connectivity index (χ0v) is 13.1. The Morgan fingerprint density at radius 3 is 2.55 bits per heavy atom. The van der Waals surface area contributed by atoms with Gasteiger partial charge in [0.25, 0.3) is 0 Å². The van der Waals surface area contributed by atoms with Crippen LogP contribution in [0, 0.1) is 0 Å². The Morgan fingerprint density at radius 1 is 1.25 bits per heavy atom. The predicted octanol–water partition coefficient (Wildman–Crippen LogP) is 2.15. The summed E-state index contributed by atoms with van der Waals surface area (Å²) in [5.41, 5.74) is -0.420. The first-order valence-corrected chi connectivity index (χ1v) is 7.64. The first-order chi connectivity index (χ1) is 9.37. The van der Waals surface area contributed by atoms with Gasteiger partial charge in [0.2, 0.25) is 0 Å². The molecule has 2 rings (SSSR count). The van der Waals surface area contributed by atoms with E-state index in [0.717, 1.165) is 38.8 Å². The maximum Gasteiger partial charge on any atom is 0.410 e. The van der Waals surface area contributed by atoms with Gasteiger partial charge in [0.05, 0.1) is 6.10 Å². The van der Waals surface area contributed by atoms with Crippen LogP contribution in [0.2, 0.25) is 0 Å². The summed E-state index contributed by atoms with van der Waals surface area (Å²) in [6.45, 7) is 7.28. The lowest BCUT2D eigenvalue weighted by Gasteiger charge is -2.40. The number of hydrogen-bond donors (Lipinski definition) is 1. The van der Waals surface area contributed by atoms with Gasteiger partial charge in [0.1, 0.15) is 5.60 Å². The highest BCUT2D eigenvalue weighted by Gasteiger charge is 2.33. The molecule has 1 aliphatic heterocycles. The number of piperidine rings is 1. The molecule has 5 nitrogen and oxygen atoms in total. The molecule has 1 unspecified atom stereocenters. The summed E-state index contributed by atoms with van der Waals surface area (Å²) in [4.78, 5) is 13.9. The molecule has 0 bridgehead atoms. The van der Waals surface area contributed by atoms with Crippen LogP contribution < -0.4 is 5.32 Å². The maximum atomic E-state index is 12.1. The summed E-state index contributed by atoms with van der Waals surface area (Å²) < 4.78 is 10.7. The summed E-state index contributed by atoms with van der Waals surface area (Å²) in [6.07, 6.45) is 4.56. The third kappa shape index (κ3) is 4.35. The minimum Gasteiger partial charge on any atom is -0.444 e. The average Bonchev–Trinajstić information content (AvgIpc) is 2.31. The molecule has 0 aromatic carbocycles. The second-order valence-electron chi connectivity index (χ2n) is 6.96. The van der Waals surface area contributed by atoms with Gasteiger partial charge in [0.15, 0.2) is 0 Å². The third-order valence-corrected chi connectivity index (χ3v) is 3.97. The molecule has 1 amide bonds. The van der Waals surface area contributed by atoms with Crippen LogP contribution in [0.4, 0.5) is 4.79 Å². The molecule has 1 saturated carbocycles. The van der Waals surface area contributed by atoms with Crippen LogP contribution in [-0.2, 0) is 9.47 Å². The molecule has 0 aromatic heterocycles. The predicted molar refractivity (Wildman–Crippen MR) is 77.8 cm³/mol. The standard InChI is InChI=1S/C15H28N2O3/c1-15(2,3)20-14(18)17-7-5-6-11(10-17)16-12-8-13(9-12)19-4/h11-13,16H,5-10H2,1-4H3. The topological polar surface area (TPSA) is 50.8 Å². The van der Waals surface area contributed by atoms with Crippen LogP contribution in [0.15, 0.2) is 0 Å². The lowest BCUT2D eigenvalue weighted by molar-refractivity contribution is 0.00344. The maximum absolute atomic E-state index is 12.1. The van der Waals surface area contributed by atoms with Crippen LogP contribution in [-0.4, -0.2) is 55.0 Å². The van der Waals surface area contributed by atoms with Gasteiger partial charge in [-0.3, -0.25) is 0 Å². The Hall–Kier alpha value is -0.810. The van der Waals surface area contributed by atoms with Crippen molar-refractivity contribution in [3.63, 3.8) is 0 Å². The van der Waals surface area contributed by atoms with Crippen LogP contribution >= 0.6 is 0 Å². The summed E-state index contributed by atoms with van der Waals surface area (Å²) in [5.74, 6) is 0. The second kappa shape index (κ2) is 6.31. The molecular weight excluding hydrogens is 256 g/mol. The van der Waals surface area contributed by atoms with Gasteiger partial charge in [0, 0.05) is 32.3 Å². The monoisotopic (exact) mass is 284 g/mol. The number of rotatable bonds is 3. The van der Waals surface area contributed by atoms with E-state index in [-0.39, 0.29) is 6.09 Å².